The Kier molecular flexibility index (Phi) is 18.5. The standard InChI is InChI=1S/C86H115F3N6O13/c1-46(2)64-52(96)39-84(70-93-91-68(107-70)48-20-26-61(104-18)90-43-48)37-35-80(14)50(66(64)84)21-23-57-79(13)32-30-60(76(9,10)55(79)28-34-83(57,80)17)106-63(99)42-77(11,73(102)103)45-95-44-49(19-25-58(95)86(87,88)89)69-92-94-71(108-69)85-38-36-81(15)51(67(85)65(47(3)4)53(97)40-85)22-24-56-78(12)31-29-59(105-62(98)41-74(5,6)72(100)101)75(7,8)54(78)27-33-82(56,81)16/h19-20,25-26,43,46-47,50-51,54-57,59-60H,21-24,27-42,44-45H2,1-18H3,(H,100,101)(H,102,103)/t50-,51-,54+,55+,56-,57-,59+,60+,77?,78+,79+,80-,81-,82-,83-,84-,85-/m1/s1. The van der Waals surface area contributed by atoms with Crippen LogP contribution in [0.4, 0.5) is 13.2 Å². The minimum absolute atomic E-state index is 0.0110. The van der Waals surface area contributed by atoms with E-state index in [4.69, 9.17) is 33.2 Å². The molecule has 3 aromatic rings. The molecule has 8 saturated carbocycles. The Morgan fingerprint density at radius 3 is 1.48 bits per heavy atom. The van der Waals surface area contributed by atoms with Gasteiger partial charge >= 0.3 is 30.1 Å². The van der Waals surface area contributed by atoms with Gasteiger partial charge in [-0.1, -0.05) is 96.9 Å². The van der Waals surface area contributed by atoms with Gasteiger partial charge in [0.05, 0.1) is 47.2 Å². The number of Topliss-reactive ketones (excluding diaryl/α,β-unsaturated/α-hetero) is 2. The number of rotatable bonds is 17. The van der Waals surface area contributed by atoms with Crippen molar-refractivity contribution in [2.45, 2.75) is 275 Å². The number of hydrogen-bond acceptors (Lipinski definition) is 17. The SMILES string of the molecule is COc1ccc(-c2nnc([C@@]34CC[C@]5(C)[C@H](CC[C@@H]6[C@@]7(C)CC[C@H](OC(=O)CC(C)(CN8CC(c9nnc([C@@]%10%11CC[C@]%12(C)[C@H](CC[C@@H]%13[C@@]%14(C)CC[C@H](OC(=O)CC(C)(C)C(=O)O)C(C)(C)[C@@H]%14CC[C@]%13%12C)C%10=C(C(C)C)C(=O)C%11)o9)=CC=C8C(F)(F)F)C(=O)O)C(C)(C)[C@@H]7CC[C@]65C)C3=C(C(C)C)C(=O)C4)o2)cn1. The van der Waals surface area contributed by atoms with E-state index in [-0.39, 0.29) is 127 Å². The molecule has 11 aliphatic rings. The second kappa shape index (κ2) is 25.8. The molecular formula is C86H115F3N6O13. The third-order valence-corrected chi connectivity index (χ3v) is 32.6. The van der Waals surface area contributed by atoms with Gasteiger partial charge in [-0.2, -0.15) is 13.2 Å². The van der Waals surface area contributed by atoms with Crippen LogP contribution in [-0.2, 0) is 49.1 Å². The Labute approximate surface area is 634 Å². The number of hydrogen-bond donors (Lipinski definition) is 2. The summed E-state index contributed by atoms with van der Waals surface area (Å²) in [5.74, 6) is -1.29. The van der Waals surface area contributed by atoms with Gasteiger partial charge < -0.3 is 38.2 Å². The molecule has 0 saturated heterocycles. The molecule has 0 bridgehead atoms. The van der Waals surface area contributed by atoms with Gasteiger partial charge in [0, 0.05) is 54.6 Å². The van der Waals surface area contributed by atoms with Gasteiger partial charge in [-0.05, 0) is 244 Å². The second-order valence-corrected chi connectivity index (χ2v) is 39.7. The average Bonchev–Trinajstić information content (AvgIpc) is 1.22. The predicted molar refractivity (Wildman–Crippen MR) is 396 cm³/mol. The van der Waals surface area contributed by atoms with Crippen LogP contribution < -0.4 is 4.74 Å². The highest BCUT2D eigenvalue weighted by molar-refractivity contribution is 6.02. The number of pyridine rings is 1. The van der Waals surface area contributed by atoms with Crippen molar-refractivity contribution in [2.24, 2.45) is 101 Å². The van der Waals surface area contributed by atoms with Gasteiger partial charge in [0.25, 0.3) is 0 Å². The Bertz CT molecular complexity index is 4330. The van der Waals surface area contributed by atoms with Crippen molar-refractivity contribution in [3.8, 4) is 17.3 Å². The predicted octanol–water partition coefficient (Wildman–Crippen LogP) is 17.6. The summed E-state index contributed by atoms with van der Waals surface area (Å²) in [5, 5.41) is 39.5. The van der Waals surface area contributed by atoms with Crippen LogP contribution in [0.15, 0.2) is 67.3 Å². The lowest BCUT2D eigenvalue weighted by Gasteiger charge is -2.72. The number of ketones is 2. The first kappa shape index (κ1) is 77.7. The molecular weight excluding hydrogens is 1380 g/mol. The highest BCUT2D eigenvalue weighted by Gasteiger charge is 2.74. The van der Waals surface area contributed by atoms with E-state index in [1.807, 2.05) is 6.07 Å². The third kappa shape index (κ3) is 11.4. The molecule has 3 aromatic heterocycles. The monoisotopic (exact) mass is 1500 g/mol. The zero-order valence-corrected chi connectivity index (χ0v) is 66.9. The smallest absolute Gasteiger partial charge is 0.431 e. The number of fused-ring (bicyclic) bond motifs is 14. The fourth-order valence-corrected chi connectivity index (χ4v) is 26.8. The van der Waals surface area contributed by atoms with Gasteiger partial charge in [-0.25, -0.2) is 4.98 Å². The maximum atomic E-state index is 15.4. The molecule has 1 aliphatic heterocycles. The molecule has 17 atom stereocenters. The Hall–Kier alpha value is -7.00. The number of methoxy groups -OCH3 is 1. The van der Waals surface area contributed by atoms with E-state index in [1.54, 1.807) is 33.2 Å². The summed E-state index contributed by atoms with van der Waals surface area (Å²) < 4.78 is 77.5. The van der Waals surface area contributed by atoms with Crippen molar-refractivity contribution >= 4 is 41.0 Å². The molecule has 108 heavy (non-hydrogen) atoms. The molecule has 0 amide bonds. The lowest BCUT2D eigenvalue weighted by atomic mass is 9.33. The molecule has 19 nitrogen and oxygen atoms in total. The normalized spacial score (nSPS) is 37.5. The summed E-state index contributed by atoms with van der Waals surface area (Å²) in [4.78, 5) is 88.3. The highest BCUT2D eigenvalue weighted by Crippen LogP contribution is 2.79. The number of esters is 2. The molecule has 0 aromatic carbocycles. The Morgan fingerprint density at radius 2 is 1.05 bits per heavy atom. The fourth-order valence-electron chi connectivity index (χ4n) is 26.8. The van der Waals surface area contributed by atoms with Crippen LogP contribution in [-0.4, -0.2) is 115 Å². The zero-order valence-electron chi connectivity index (χ0n) is 66.9. The van der Waals surface area contributed by atoms with Gasteiger partial charge in [0.1, 0.15) is 17.9 Å². The minimum Gasteiger partial charge on any atom is -0.481 e. The van der Waals surface area contributed by atoms with E-state index in [0.29, 0.717) is 61.2 Å². The van der Waals surface area contributed by atoms with Crippen LogP contribution in [0.1, 0.15) is 264 Å². The molecule has 8 fully saturated rings. The van der Waals surface area contributed by atoms with Crippen LogP contribution in [0.3, 0.4) is 0 Å². The first-order chi connectivity index (χ1) is 50.3. The summed E-state index contributed by atoms with van der Waals surface area (Å²) >= 11 is 0. The van der Waals surface area contributed by atoms with E-state index in [9.17, 15) is 39.0 Å². The maximum absolute atomic E-state index is 15.4. The Morgan fingerprint density at radius 1 is 0.574 bits per heavy atom. The Balaban J connectivity index is 0.665. The van der Waals surface area contributed by atoms with E-state index in [1.165, 1.54) is 18.6 Å². The summed E-state index contributed by atoms with van der Waals surface area (Å²) in [7, 11) is 1.56. The first-order valence-electron chi connectivity index (χ1n) is 40.1. The number of aromatic nitrogens is 5. The molecule has 10 aliphatic carbocycles. The van der Waals surface area contributed by atoms with Crippen LogP contribution in [0.25, 0.3) is 17.0 Å². The van der Waals surface area contributed by atoms with E-state index in [2.05, 4.69) is 112 Å². The second-order valence-electron chi connectivity index (χ2n) is 39.7. The number of ether oxygens (including phenoxy) is 3. The number of aliphatic carboxylic acids is 2. The van der Waals surface area contributed by atoms with E-state index >= 15 is 13.2 Å². The van der Waals surface area contributed by atoms with Crippen LogP contribution in [0, 0.1) is 101 Å². The first-order valence-corrected chi connectivity index (χ1v) is 40.1. The van der Waals surface area contributed by atoms with Gasteiger partial charge in [0.2, 0.25) is 29.4 Å². The fraction of sp³-hybridized carbons (Fsp3) is 0.733. The number of allylic oxidation sites excluding steroid dienone is 7. The summed E-state index contributed by atoms with van der Waals surface area (Å²) in [6.07, 6.45) is 10.2. The van der Waals surface area contributed by atoms with Gasteiger partial charge in [-0.3, -0.25) is 28.8 Å². The molecule has 0 radical (unpaired) electrons. The van der Waals surface area contributed by atoms with Gasteiger partial charge in [0.15, 0.2) is 11.6 Å². The number of carboxylic acid groups (broad SMARTS) is 2. The zero-order chi connectivity index (χ0) is 78.4. The minimum atomic E-state index is -4.92. The number of nitrogens with zero attached hydrogens (tertiary/aromatic N) is 6. The third-order valence-electron chi connectivity index (χ3n) is 32.6. The maximum Gasteiger partial charge on any atom is 0.431 e. The van der Waals surface area contributed by atoms with Crippen molar-refractivity contribution < 1.29 is 75.2 Å². The molecule has 22 heteroatoms. The van der Waals surface area contributed by atoms with Gasteiger partial charge in [-0.15, -0.1) is 20.4 Å². The van der Waals surface area contributed by atoms with Crippen LogP contribution in [0.2, 0.25) is 0 Å². The molecule has 0 spiro atoms. The van der Waals surface area contributed by atoms with Crippen molar-refractivity contribution in [1.82, 2.24) is 30.3 Å². The van der Waals surface area contributed by atoms with Crippen molar-refractivity contribution in [1.29, 1.82) is 0 Å². The number of halogens is 3. The lowest BCUT2D eigenvalue weighted by molar-refractivity contribution is -0.232. The lowest BCUT2D eigenvalue weighted by Crippen LogP contribution is -2.66. The summed E-state index contributed by atoms with van der Waals surface area (Å²) in [6, 6.07) is 3.59. The van der Waals surface area contributed by atoms with Crippen LogP contribution >= 0.6 is 0 Å². The number of carboxylic acids is 2. The molecule has 588 valence electrons. The summed E-state index contributed by atoms with van der Waals surface area (Å²) in [6.45, 7) is 35.0. The van der Waals surface area contributed by atoms with E-state index in [0.717, 1.165) is 105 Å². The number of carbonyl (C=O) groups excluding carboxylic acids is 4. The van der Waals surface area contributed by atoms with Crippen molar-refractivity contribution in [2.75, 3.05) is 20.2 Å². The molecule has 1 unspecified atom stereocenters. The van der Waals surface area contributed by atoms with E-state index < -0.39 is 88.4 Å². The van der Waals surface area contributed by atoms with Crippen molar-refractivity contribution in [3.05, 3.63) is 76.1 Å². The average molecular weight is 1500 g/mol. The molecule has 14 rings (SSSR count). The highest BCUT2D eigenvalue weighted by atomic mass is 19.4. The van der Waals surface area contributed by atoms with Crippen molar-refractivity contribution in [3.63, 3.8) is 0 Å². The largest absolute Gasteiger partial charge is 0.481 e. The summed E-state index contributed by atoms with van der Waals surface area (Å²) in [5.41, 5.74) is -3.31. The number of alkyl halides is 3. The molecule has 2 N–H and O–H groups in total. The quantitative estimate of drug-likeness (QED) is 0.119. The number of carbonyl (C=O) groups is 6. The van der Waals surface area contributed by atoms with Crippen LogP contribution in [0.5, 0.6) is 5.88 Å². The topological polar surface area (TPSA) is 265 Å². The molecule has 4 heterocycles.